The summed E-state index contributed by atoms with van der Waals surface area (Å²) in [6.45, 7) is 5.54. The number of likely N-dealkylation sites (N-methyl/N-ethyl adjacent to an activating group) is 1. The topological polar surface area (TPSA) is 77.6 Å². The van der Waals surface area contributed by atoms with Gasteiger partial charge in [0.05, 0.1) is 6.04 Å². The highest BCUT2D eigenvalue weighted by atomic mass is 19.1. The second-order valence-electron chi connectivity index (χ2n) is 10.2. The number of nitrogens with one attached hydrogen (secondary N) is 2. The van der Waals surface area contributed by atoms with Gasteiger partial charge in [0.2, 0.25) is 11.8 Å². The number of likely N-dealkylation sites (tertiary alicyclic amines) is 1. The van der Waals surface area contributed by atoms with Gasteiger partial charge in [-0.1, -0.05) is 19.3 Å². The van der Waals surface area contributed by atoms with Crippen molar-refractivity contribution in [2.45, 2.75) is 70.9 Å². The van der Waals surface area contributed by atoms with Gasteiger partial charge in [-0.2, -0.15) is 0 Å². The minimum atomic E-state index is -0.327. The molecule has 1 unspecified atom stereocenters. The molecule has 2 aliphatic rings. The third kappa shape index (κ3) is 8.25. The summed E-state index contributed by atoms with van der Waals surface area (Å²) in [4.78, 5) is 33.1. The fraction of sp³-hybridized carbons (Fsp3) is 0.552. The molecule has 8 heteroatoms. The Balaban J connectivity index is 0.000000213. The van der Waals surface area contributed by atoms with Gasteiger partial charge in [-0.05, 0) is 94.5 Å². The smallest absolute Gasteiger partial charge is 0.245 e. The Bertz CT molecular complexity index is 1000. The van der Waals surface area contributed by atoms with Gasteiger partial charge in [-0.25, -0.2) is 9.37 Å². The SMILES string of the molecule is CNC(C)C(=O)N[C@H](C(=O)N1CCCC1)C1CCCCC1.Cc1ccnc(N(C)c2ccc(F)cc2)c1. The normalized spacial score (nSPS) is 17.4. The van der Waals surface area contributed by atoms with Crippen LogP contribution in [0.2, 0.25) is 0 Å². The fourth-order valence-corrected chi connectivity index (χ4v) is 4.89. The third-order valence-electron chi connectivity index (χ3n) is 7.39. The number of aryl methyl sites for hydroxylation is 1. The summed E-state index contributed by atoms with van der Waals surface area (Å²) in [5.74, 6) is 0.998. The Hall–Kier alpha value is -3.00. The predicted octanol–water partition coefficient (Wildman–Crippen LogP) is 4.58. The van der Waals surface area contributed by atoms with Crippen molar-refractivity contribution in [3.63, 3.8) is 0 Å². The first-order valence-electron chi connectivity index (χ1n) is 13.5. The van der Waals surface area contributed by atoms with Crippen LogP contribution >= 0.6 is 0 Å². The maximum absolute atomic E-state index is 12.8. The van der Waals surface area contributed by atoms with Crippen molar-refractivity contribution >= 4 is 23.3 Å². The first-order valence-corrected chi connectivity index (χ1v) is 13.5. The van der Waals surface area contributed by atoms with E-state index in [-0.39, 0.29) is 29.7 Å². The number of carbonyl (C=O) groups excluding carboxylic acids is 2. The van der Waals surface area contributed by atoms with Gasteiger partial charge < -0.3 is 20.4 Å². The van der Waals surface area contributed by atoms with Gasteiger partial charge in [0.1, 0.15) is 17.7 Å². The molecule has 1 aliphatic carbocycles. The molecule has 0 radical (unpaired) electrons. The maximum Gasteiger partial charge on any atom is 0.245 e. The van der Waals surface area contributed by atoms with Gasteiger partial charge in [0.15, 0.2) is 0 Å². The van der Waals surface area contributed by atoms with Gasteiger partial charge >= 0.3 is 0 Å². The van der Waals surface area contributed by atoms with Crippen LogP contribution in [0.5, 0.6) is 0 Å². The highest BCUT2D eigenvalue weighted by molar-refractivity contribution is 5.90. The maximum atomic E-state index is 12.8. The average Bonchev–Trinajstić information content (AvgIpc) is 3.47. The summed E-state index contributed by atoms with van der Waals surface area (Å²) in [7, 11) is 3.68. The summed E-state index contributed by atoms with van der Waals surface area (Å²) >= 11 is 0. The lowest BCUT2D eigenvalue weighted by molar-refractivity contribution is -0.137. The van der Waals surface area contributed by atoms with Crippen LogP contribution < -0.4 is 15.5 Å². The molecule has 1 aromatic heterocycles. The van der Waals surface area contributed by atoms with Crippen molar-refractivity contribution in [2.24, 2.45) is 5.92 Å². The summed E-state index contributed by atoms with van der Waals surface area (Å²) in [5.41, 5.74) is 2.07. The molecule has 2 N–H and O–H groups in total. The zero-order valence-electron chi connectivity index (χ0n) is 22.7. The highest BCUT2D eigenvalue weighted by Crippen LogP contribution is 2.28. The van der Waals surface area contributed by atoms with Crippen molar-refractivity contribution in [3.05, 3.63) is 54.0 Å². The number of benzene rings is 1. The van der Waals surface area contributed by atoms with Gasteiger partial charge in [0, 0.05) is 32.0 Å². The number of aromatic nitrogens is 1. The second kappa shape index (κ2) is 14.1. The van der Waals surface area contributed by atoms with E-state index in [1.807, 2.05) is 42.8 Å². The molecule has 2 fully saturated rings. The number of carbonyl (C=O) groups is 2. The molecular formula is C29H42FN5O2. The fourth-order valence-electron chi connectivity index (χ4n) is 4.89. The molecule has 1 saturated carbocycles. The number of rotatable bonds is 7. The van der Waals surface area contributed by atoms with E-state index in [0.29, 0.717) is 5.92 Å². The summed E-state index contributed by atoms with van der Waals surface area (Å²) in [5, 5.41) is 5.97. The Morgan fingerprint density at radius 1 is 1.05 bits per heavy atom. The standard InChI is InChI=1S/C16H29N3O2.C13H13FN2/c1-12(17-2)15(20)18-14(13-8-4-3-5-9-13)16(21)19-10-6-7-11-19;1-10-7-8-15-13(9-10)16(2)12-5-3-11(14)4-6-12/h12-14,17H,3-11H2,1-2H3,(H,18,20);3-9H,1-2H3/t12?,14-;/m0./s1. The first kappa shape index (κ1) is 28.6. The molecule has 37 heavy (non-hydrogen) atoms. The number of anilines is 2. The van der Waals surface area contributed by atoms with Crippen LogP contribution in [0.4, 0.5) is 15.9 Å². The van der Waals surface area contributed by atoms with Crippen molar-refractivity contribution in [2.75, 3.05) is 32.1 Å². The van der Waals surface area contributed by atoms with E-state index >= 15 is 0 Å². The molecule has 1 aromatic carbocycles. The quantitative estimate of drug-likeness (QED) is 0.569. The first-order chi connectivity index (χ1) is 17.8. The Morgan fingerprint density at radius 2 is 1.70 bits per heavy atom. The Kier molecular flexibility index (Phi) is 10.9. The van der Waals surface area contributed by atoms with Crippen LogP contribution in [0.1, 0.15) is 57.4 Å². The lowest BCUT2D eigenvalue weighted by atomic mass is 9.83. The molecule has 2 atom stereocenters. The van der Waals surface area contributed by atoms with Crippen LogP contribution in [-0.4, -0.2) is 61.0 Å². The van der Waals surface area contributed by atoms with Gasteiger partial charge in [-0.3, -0.25) is 9.59 Å². The van der Waals surface area contributed by atoms with E-state index in [0.717, 1.165) is 55.8 Å². The summed E-state index contributed by atoms with van der Waals surface area (Å²) in [6, 6.07) is 9.71. The average molecular weight is 512 g/mol. The van der Waals surface area contributed by atoms with Crippen molar-refractivity contribution in [1.82, 2.24) is 20.5 Å². The number of hydrogen-bond donors (Lipinski definition) is 2. The molecule has 1 aliphatic heterocycles. The molecule has 7 nitrogen and oxygen atoms in total. The third-order valence-corrected chi connectivity index (χ3v) is 7.39. The van der Waals surface area contributed by atoms with E-state index in [1.54, 1.807) is 25.4 Å². The molecule has 4 rings (SSSR count). The minimum Gasteiger partial charge on any atom is -0.343 e. The lowest BCUT2D eigenvalue weighted by Gasteiger charge is -2.33. The van der Waals surface area contributed by atoms with E-state index in [9.17, 15) is 14.0 Å². The molecule has 2 aromatic rings. The number of amides is 2. The van der Waals surface area contributed by atoms with Crippen LogP contribution in [0.15, 0.2) is 42.6 Å². The van der Waals surface area contributed by atoms with Crippen molar-refractivity contribution in [1.29, 1.82) is 0 Å². The van der Waals surface area contributed by atoms with Crippen molar-refractivity contribution in [3.8, 4) is 0 Å². The predicted molar refractivity (Wildman–Crippen MR) is 146 cm³/mol. The second-order valence-corrected chi connectivity index (χ2v) is 10.2. The van der Waals surface area contributed by atoms with Crippen LogP contribution in [0, 0.1) is 18.7 Å². The zero-order valence-corrected chi connectivity index (χ0v) is 22.7. The van der Waals surface area contributed by atoms with E-state index in [4.69, 9.17) is 0 Å². The van der Waals surface area contributed by atoms with Gasteiger partial charge in [-0.15, -0.1) is 0 Å². The molecular weight excluding hydrogens is 469 g/mol. The number of pyridine rings is 1. The summed E-state index contributed by atoms with van der Waals surface area (Å²) in [6.07, 6.45) is 9.65. The van der Waals surface area contributed by atoms with Crippen LogP contribution in [0.25, 0.3) is 0 Å². The van der Waals surface area contributed by atoms with Gasteiger partial charge in [0.25, 0.3) is 0 Å². The molecule has 2 amide bonds. The number of halogens is 1. The zero-order chi connectivity index (χ0) is 26.8. The molecule has 2 heterocycles. The van der Waals surface area contributed by atoms with E-state index in [2.05, 4.69) is 15.6 Å². The van der Waals surface area contributed by atoms with E-state index in [1.165, 1.54) is 31.4 Å². The van der Waals surface area contributed by atoms with Crippen LogP contribution in [0.3, 0.4) is 0 Å². The largest absolute Gasteiger partial charge is 0.343 e. The molecule has 0 bridgehead atoms. The Labute approximate surface area is 220 Å². The monoisotopic (exact) mass is 511 g/mol. The molecule has 0 spiro atoms. The molecule has 202 valence electrons. The number of nitrogens with zero attached hydrogens (tertiary/aromatic N) is 3. The Morgan fingerprint density at radius 3 is 2.30 bits per heavy atom. The van der Waals surface area contributed by atoms with Crippen molar-refractivity contribution < 1.29 is 14.0 Å². The highest BCUT2D eigenvalue weighted by Gasteiger charge is 2.35. The lowest BCUT2D eigenvalue weighted by Crippen LogP contribution is -2.55. The van der Waals surface area contributed by atoms with Crippen LogP contribution in [-0.2, 0) is 9.59 Å². The molecule has 1 saturated heterocycles. The minimum absolute atomic E-state index is 0.0689. The number of hydrogen-bond acceptors (Lipinski definition) is 5. The van der Waals surface area contributed by atoms with E-state index < -0.39 is 0 Å². The summed E-state index contributed by atoms with van der Waals surface area (Å²) < 4.78 is 12.8.